The predicted molar refractivity (Wildman–Crippen MR) is 81.6 cm³/mol. The van der Waals surface area contributed by atoms with Crippen molar-refractivity contribution in [3.8, 4) is 0 Å². The van der Waals surface area contributed by atoms with Crippen molar-refractivity contribution >= 4 is 0 Å². The molecule has 0 aromatic carbocycles. The Kier molecular flexibility index (Phi) is 3.92. The Bertz CT molecular complexity index is 664. The lowest BCUT2D eigenvalue weighted by Gasteiger charge is -2.37. The second-order valence-corrected chi connectivity index (χ2v) is 6.52. The van der Waals surface area contributed by atoms with Gasteiger partial charge in [-0.1, -0.05) is 5.16 Å². The third-order valence-electron chi connectivity index (χ3n) is 4.67. The summed E-state index contributed by atoms with van der Waals surface area (Å²) >= 11 is 0. The molecule has 4 rings (SSSR count). The number of aliphatic hydroxyl groups excluding tert-OH is 1. The van der Waals surface area contributed by atoms with Gasteiger partial charge in [0, 0.05) is 25.6 Å². The first-order valence-corrected chi connectivity index (χ1v) is 8.17. The number of aromatic nitrogens is 2. The second-order valence-electron chi connectivity index (χ2n) is 6.52. The van der Waals surface area contributed by atoms with Crippen molar-refractivity contribution in [2.75, 3.05) is 26.7 Å². The Hall–Kier alpha value is -1.70. The molecular weight excluding hydrogens is 296 g/mol. The van der Waals surface area contributed by atoms with Gasteiger partial charge in [0.15, 0.2) is 5.82 Å². The van der Waals surface area contributed by atoms with Gasteiger partial charge in [0.05, 0.1) is 6.54 Å². The third-order valence-corrected chi connectivity index (χ3v) is 4.67. The molecule has 1 atom stereocenters. The molecule has 1 unspecified atom stereocenters. The molecule has 23 heavy (non-hydrogen) atoms. The summed E-state index contributed by atoms with van der Waals surface area (Å²) in [6.07, 6.45) is 2.36. The maximum atomic E-state index is 9.09. The topological polar surface area (TPSA) is 78.8 Å². The highest BCUT2D eigenvalue weighted by Gasteiger charge is 2.33. The van der Waals surface area contributed by atoms with E-state index < -0.39 is 0 Å². The Balaban J connectivity index is 1.44. The molecule has 0 bridgehead atoms. The summed E-state index contributed by atoms with van der Waals surface area (Å²) in [6.45, 7) is 3.41. The largest absolute Gasteiger partial charge is 0.462 e. The first-order chi connectivity index (χ1) is 11.2. The molecule has 1 aliphatic carbocycles. The molecule has 124 valence electrons. The van der Waals surface area contributed by atoms with Crippen molar-refractivity contribution in [1.29, 1.82) is 0 Å². The fraction of sp³-hybridized carbons (Fsp3) is 0.625. The number of hydrogen-bond donors (Lipinski definition) is 1. The van der Waals surface area contributed by atoms with Crippen LogP contribution in [-0.4, -0.2) is 51.7 Å². The van der Waals surface area contributed by atoms with E-state index in [1.165, 1.54) is 12.8 Å². The molecule has 1 N–H and O–H groups in total. The van der Waals surface area contributed by atoms with Gasteiger partial charge in [0.1, 0.15) is 24.2 Å². The van der Waals surface area contributed by atoms with Gasteiger partial charge in [0.25, 0.3) is 0 Å². The van der Waals surface area contributed by atoms with E-state index in [9.17, 15) is 0 Å². The zero-order valence-electron chi connectivity index (χ0n) is 13.3. The van der Waals surface area contributed by atoms with Crippen LogP contribution in [0.3, 0.4) is 0 Å². The minimum absolute atomic E-state index is 0.0582. The summed E-state index contributed by atoms with van der Waals surface area (Å²) in [5.41, 5.74) is 0. The number of piperazine rings is 1. The molecule has 7 nitrogen and oxygen atoms in total. The molecule has 2 aromatic heterocycles. The fourth-order valence-electron chi connectivity index (χ4n) is 3.04. The van der Waals surface area contributed by atoms with Gasteiger partial charge in [-0.3, -0.25) is 9.80 Å². The van der Waals surface area contributed by atoms with E-state index in [-0.39, 0.29) is 12.6 Å². The summed E-state index contributed by atoms with van der Waals surface area (Å²) in [7, 11) is 2.10. The predicted octanol–water partition coefficient (Wildman–Crippen LogP) is 1.52. The summed E-state index contributed by atoms with van der Waals surface area (Å²) in [5, 5.41) is 13.2. The van der Waals surface area contributed by atoms with Crippen molar-refractivity contribution in [3.05, 3.63) is 35.4 Å². The molecule has 1 saturated carbocycles. The van der Waals surface area contributed by atoms with Gasteiger partial charge < -0.3 is 14.0 Å². The number of furan rings is 1. The first kappa shape index (κ1) is 14.9. The maximum Gasteiger partial charge on any atom is 0.245 e. The van der Waals surface area contributed by atoms with Crippen LogP contribution < -0.4 is 0 Å². The zero-order chi connectivity index (χ0) is 15.8. The number of likely N-dealkylation sites (N-methyl/N-ethyl adjacent to an activating group) is 1. The first-order valence-electron chi connectivity index (χ1n) is 8.17. The average Bonchev–Trinajstić information content (AvgIpc) is 3.12. The molecule has 1 saturated heterocycles. The van der Waals surface area contributed by atoms with Crippen molar-refractivity contribution in [2.24, 2.45) is 0 Å². The highest BCUT2D eigenvalue weighted by Crippen LogP contribution is 2.38. The maximum absolute atomic E-state index is 9.09. The lowest BCUT2D eigenvalue weighted by atomic mass is 10.1. The van der Waals surface area contributed by atoms with Crippen LogP contribution in [0.15, 0.2) is 21.1 Å². The minimum atomic E-state index is -0.0582. The van der Waals surface area contributed by atoms with Crippen molar-refractivity contribution in [2.45, 2.75) is 38.0 Å². The number of aliphatic hydroxyl groups is 1. The van der Waals surface area contributed by atoms with E-state index in [0.29, 0.717) is 11.7 Å². The molecule has 0 radical (unpaired) electrons. The van der Waals surface area contributed by atoms with Crippen molar-refractivity contribution in [1.82, 2.24) is 19.9 Å². The highest BCUT2D eigenvalue weighted by atomic mass is 16.5. The lowest BCUT2D eigenvalue weighted by molar-refractivity contribution is 0.0668. The van der Waals surface area contributed by atoms with Crippen LogP contribution in [0.1, 0.15) is 48.0 Å². The summed E-state index contributed by atoms with van der Waals surface area (Å²) in [6, 6.07) is 3.87. The molecule has 2 aromatic rings. The van der Waals surface area contributed by atoms with Crippen LogP contribution in [0.2, 0.25) is 0 Å². The standard InChI is InChI=1S/C16H22N4O3/c1-19-6-7-20(8-12-4-5-13(10-21)22-12)9-14(19)16-17-15(18-23-16)11-2-3-11/h4-5,11,14,21H,2-3,6-10H2,1H3. The number of rotatable bonds is 5. The fourth-order valence-corrected chi connectivity index (χ4v) is 3.04. The summed E-state index contributed by atoms with van der Waals surface area (Å²) < 4.78 is 11.1. The van der Waals surface area contributed by atoms with Crippen LogP contribution in [0.4, 0.5) is 0 Å². The third kappa shape index (κ3) is 3.17. The molecule has 7 heteroatoms. The van der Waals surface area contributed by atoms with Crippen LogP contribution >= 0.6 is 0 Å². The second kappa shape index (κ2) is 6.07. The minimum Gasteiger partial charge on any atom is -0.462 e. The molecule has 1 aliphatic heterocycles. The van der Waals surface area contributed by atoms with Gasteiger partial charge in [-0.25, -0.2) is 0 Å². The van der Waals surface area contributed by atoms with Crippen molar-refractivity contribution in [3.63, 3.8) is 0 Å². The van der Waals surface area contributed by atoms with Crippen LogP contribution in [0, 0.1) is 0 Å². The van der Waals surface area contributed by atoms with Crippen LogP contribution in [0.25, 0.3) is 0 Å². The highest BCUT2D eigenvalue weighted by molar-refractivity contribution is 5.08. The molecule has 2 fully saturated rings. The number of hydrogen-bond acceptors (Lipinski definition) is 7. The van der Waals surface area contributed by atoms with Gasteiger partial charge in [-0.15, -0.1) is 0 Å². The van der Waals surface area contributed by atoms with Crippen LogP contribution in [0.5, 0.6) is 0 Å². The summed E-state index contributed by atoms with van der Waals surface area (Å²) in [5.74, 6) is 3.58. The summed E-state index contributed by atoms with van der Waals surface area (Å²) in [4.78, 5) is 9.19. The van der Waals surface area contributed by atoms with Gasteiger partial charge in [-0.2, -0.15) is 4.98 Å². The molecule has 0 spiro atoms. The van der Waals surface area contributed by atoms with Gasteiger partial charge >= 0.3 is 0 Å². The molecule has 2 aliphatic rings. The Labute approximate surface area is 134 Å². The van der Waals surface area contributed by atoms with E-state index in [2.05, 4.69) is 27.0 Å². The average molecular weight is 318 g/mol. The van der Waals surface area contributed by atoms with E-state index in [1.807, 2.05) is 12.1 Å². The quantitative estimate of drug-likeness (QED) is 0.895. The van der Waals surface area contributed by atoms with Gasteiger partial charge in [0.2, 0.25) is 5.89 Å². The molecule has 3 heterocycles. The molecular formula is C16H22N4O3. The number of nitrogens with zero attached hydrogens (tertiary/aromatic N) is 4. The zero-order valence-corrected chi connectivity index (χ0v) is 13.3. The van der Waals surface area contributed by atoms with E-state index in [4.69, 9.17) is 14.0 Å². The van der Waals surface area contributed by atoms with Crippen LogP contribution in [-0.2, 0) is 13.2 Å². The Morgan fingerprint density at radius 2 is 2.09 bits per heavy atom. The lowest BCUT2D eigenvalue weighted by Crippen LogP contribution is -2.46. The van der Waals surface area contributed by atoms with E-state index in [1.54, 1.807) is 0 Å². The van der Waals surface area contributed by atoms with E-state index >= 15 is 0 Å². The van der Waals surface area contributed by atoms with E-state index in [0.717, 1.165) is 43.7 Å². The Morgan fingerprint density at radius 3 is 2.83 bits per heavy atom. The smallest absolute Gasteiger partial charge is 0.245 e. The Morgan fingerprint density at radius 1 is 1.26 bits per heavy atom. The SMILES string of the molecule is CN1CCN(Cc2ccc(CO)o2)CC1c1nc(C2CC2)no1. The van der Waals surface area contributed by atoms with Crippen molar-refractivity contribution < 1.29 is 14.0 Å². The monoisotopic (exact) mass is 318 g/mol. The van der Waals surface area contributed by atoms with Gasteiger partial charge in [-0.05, 0) is 32.0 Å². The molecule has 0 amide bonds. The normalized spacial score (nSPS) is 23.5.